The van der Waals surface area contributed by atoms with Crippen LogP contribution >= 0.6 is 0 Å². The number of aryl methyl sites for hydroxylation is 2. The van der Waals surface area contributed by atoms with Gasteiger partial charge in [0, 0.05) is 34.4 Å². The van der Waals surface area contributed by atoms with Crippen LogP contribution in [0.25, 0.3) is 10.9 Å². The third kappa shape index (κ3) is 3.23. The molecule has 0 radical (unpaired) electrons. The molecule has 0 unspecified atom stereocenters. The standard InChI is InChI=1S/C19H26N4O/c1-13-16(17-6-4-5-7-19(17)21-13)8-9-20-12-18-14(2)22-23(10-11-24)15(18)3/h4-7,20-21,24H,8-12H2,1-3H3. The molecule has 5 heteroatoms. The Morgan fingerprint density at radius 2 is 1.96 bits per heavy atom. The molecule has 0 amide bonds. The number of aromatic amines is 1. The highest BCUT2D eigenvalue weighted by molar-refractivity contribution is 5.84. The van der Waals surface area contributed by atoms with Crippen LogP contribution in [0.3, 0.4) is 0 Å². The topological polar surface area (TPSA) is 65.9 Å². The average Bonchev–Trinajstić information content (AvgIpc) is 3.02. The van der Waals surface area contributed by atoms with E-state index in [1.54, 1.807) is 0 Å². The molecule has 2 heterocycles. The molecule has 0 bridgehead atoms. The molecular formula is C19H26N4O. The Balaban J connectivity index is 1.62. The number of H-pyrrole nitrogens is 1. The number of aliphatic hydroxyl groups is 1. The zero-order chi connectivity index (χ0) is 17.1. The van der Waals surface area contributed by atoms with Gasteiger partial charge in [0.25, 0.3) is 0 Å². The summed E-state index contributed by atoms with van der Waals surface area (Å²) in [6.45, 7) is 8.65. The zero-order valence-electron chi connectivity index (χ0n) is 14.7. The quantitative estimate of drug-likeness (QED) is 0.585. The second-order valence-corrected chi connectivity index (χ2v) is 6.30. The van der Waals surface area contributed by atoms with Gasteiger partial charge in [-0.1, -0.05) is 18.2 Å². The highest BCUT2D eigenvalue weighted by atomic mass is 16.3. The van der Waals surface area contributed by atoms with Crippen molar-refractivity contribution >= 4 is 10.9 Å². The van der Waals surface area contributed by atoms with Gasteiger partial charge < -0.3 is 15.4 Å². The van der Waals surface area contributed by atoms with Crippen molar-refractivity contribution in [1.29, 1.82) is 0 Å². The van der Waals surface area contributed by atoms with Crippen LogP contribution in [0, 0.1) is 20.8 Å². The highest BCUT2D eigenvalue weighted by Crippen LogP contribution is 2.22. The lowest BCUT2D eigenvalue weighted by Gasteiger charge is -2.07. The molecule has 2 aromatic heterocycles. The minimum atomic E-state index is 0.120. The number of benzene rings is 1. The van der Waals surface area contributed by atoms with Crippen molar-refractivity contribution in [3.8, 4) is 0 Å². The minimum absolute atomic E-state index is 0.120. The van der Waals surface area contributed by atoms with Crippen molar-refractivity contribution in [3.63, 3.8) is 0 Å². The largest absolute Gasteiger partial charge is 0.394 e. The van der Waals surface area contributed by atoms with Crippen LogP contribution in [0.4, 0.5) is 0 Å². The summed E-state index contributed by atoms with van der Waals surface area (Å²) in [6, 6.07) is 8.47. The first-order valence-corrected chi connectivity index (χ1v) is 8.52. The van der Waals surface area contributed by atoms with Gasteiger partial charge >= 0.3 is 0 Å². The summed E-state index contributed by atoms with van der Waals surface area (Å²) in [7, 11) is 0. The van der Waals surface area contributed by atoms with Crippen molar-refractivity contribution in [2.75, 3.05) is 13.2 Å². The number of fused-ring (bicyclic) bond motifs is 1. The van der Waals surface area contributed by atoms with E-state index >= 15 is 0 Å². The predicted molar refractivity (Wildman–Crippen MR) is 97.2 cm³/mol. The molecule has 0 saturated heterocycles. The molecule has 24 heavy (non-hydrogen) atoms. The Labute approximate surface area is 142 Å². The first-order valence-electron chi connectivity index (χ1n) is 8.52. The Kier molecular flexibility index (Phi) is 5.02. The van der Waals surface area contributed by atoms with E-state index in [0.717, 1.165) is 30.9 Å². The first kappa shape index (κ1) is 16.7. The fourth-order valence-corrected chi connectivity index (χ4v) is 3.39. The highest BCUT2D eigenvalue weighted by Gasteiger charge is 2.11. The fraction of sp³-hybridized carbons (Fsp3) is 0.421. The van der Waals surface area contributed by atoms with Crippen LogP contribution in [0.5, 0.6) is 0 Å². The molecule has 0 aliphatic heterocycles. The maximum Gasteiger partial charge on any atom is 0.0644 e. The molecule has 128 valence electrons. The van der Waals surface area contributed by atoms with Crippen LogP contribution in [-0.4, -0.2) is 33.0 Å². The minimum Gasteiger partial charge on any atom is -0.394 e. The van der Waals surface area contributed by atoms with Gasteiger partial charge in [0.15, 0.2) is 0 Å². The van der Waals surface area contributed by atoms with E-state index in [4.69, 9.17) is 5.11 Å². The smallest absolute Gasteiger partial charge is 0.0644 e. The summed E-state index contributed by atoms with van der Waals surface area (Å²) in [6.07, 6.45) is 0.999. The molecule has 0 aliphatic carbocycles. The van der Waals surface area contributed by atoms with Gasteiger partial charge in [-0.05, 0) is 45.4 Å². The van der Waals surface area contributed by atoms with E-state index in [1.807, 2.05) is 11.6 Å². The summed E-state index contributed by atoms with van der Waals surface area (Å²) in [4.78, 5) is 3.46. The Bertz CT molecular complexity index is 831. The molecule has 3 aromatic rings. The lowest BCUT2D eigenvalue weighted by Crippen LogP contribution is -2.18. The van der Waals surface area contributed by atoms with Crippen LogP contribution in [-0.2, 0) is 19.5 Å². The van der Waals surface area contributed by atoms with Crippen molar-refractivity contribution in [1.82, 2.24) is 20.1 Å². The lowest BCUT2D eigenvalue weighted by atomic mass is 10.1. The van der Waals surface area contributed by atoms with Gasteiger partial charge in [0.2, 0.25) is 0 Å². The number of nitrogens with one attached hydrogen (secondary N) is 2. The Morgan fingerprint density at radius 3 is 2.75 bits per heavy atom. The van der Waals surface area contributed by atoms with Crippen molar-refractivity contribution in [2.24, 2.45) is 0 Å². The van der Waals surface area contributed by atoms with Gasteiger partial charge in [0.05, 0.1) is 18.8 Å². The Hall–Kier alpha value is -2.11. The van der Waals surface area contributed by atoms with E-state index in [0.29, 0.717) is 6.54 Å². The number of aliphatic hydroxyl groups excluding tert-OH is 1. The number of aromatic nitrogens is 3. The predicted octanol–water partition coefficient (Wildman–Crippen LogP) is 2.61. The lowest BCUT2D eigenvalue weighted by molar-refractivity contribution is 0.267. The molecule has 5 nitrogen and oxygen atoms in total. The second kappa shape index (κ2) is 7.20. The van der Waals surface area contributed by atoms with Gasteiger partial charge in [-0.15, -0.1) is 0 Å². The summed E-state index contributed by atoms with van der Waals surface area (Å²) < 4.78 is 1.89. The van der Waals surface area contributed by atoms with Crippen LogP contribution in [0.2, 0.25) is 0 Å². The summed E-state index contributed by atoms with van der Waals surface area (Å²) in [5.74, 6) is 0. The van der Waals surface area contributed by atoms with Gasteiger partial charge in [-0.2, -0.15) is 5.10 Å². The van der Waals surface area contributed by atoms with Crippen molar-refractivity contribution < 1.29 is 5.11 Å². The van der Waals surface area contributed by atoms with Gasteiger partial charge in [-0.3, -0.25) is 4.68 Å². The molecule has 3 rings (SSSR count). The van der Waals surface area contributed by atoms with Crippen LogP contribution < -0.4 is 5.32 Å². The molecule has 0 saturated carbocycles. The third-order valence-corrected chi connectivity index (χ3v) is 4.72. The summed E-state index contributed by atoms with van der Waals surface area (Å²) >= 11 is 0. The molecule has 0 fully saturated rings. The SMILES string of the molecule is Cc1nn(CCO)c(C)c1CNCCc1c(C)[nH]c2ccccc12. The van der Waals surface area contributed by atoms with E-state index in [-0.39, 0.29) is 6.61 Å². The Morgan fingerprint density at radius 1 is 1.17 bits per heavy atom. The van der Waals surface area contributed by atoms with E-state index in [9.17, 15) is 0 Å². The third-order valence-electron chi connectivity index (χ3n) is 4.72. The van der Waals surface area contributed by atoms with Crippen LogP contribution in [0.1, 0.15) is 28.2 Å². The zero-order valence-corrected chi connectivity index (χ0v) is 14.7. The van der Waals surface area contributed by atoms with E-state index in [1.165, 1.54) is 27.7 Å². The molecular weight excluding hydrogens is 300 g/mol. The number of rotatable bonds is 7. The fourth-order valence-electron chi connectivity index (χ4n) is 3.39. The maximum absolute atomic E-state index is 9.10. The summed E-state index contributed by atoms with van der Waals surface area (Å²) in [5, 5.41) is 18.5. The number of para-hydroxylation sites is 1. The van der Waals surface area contributed by atoms with E-state index < -0.39 is 0 Å². The van der Waals surface area contributed by atoms with E-state index in [2.05, 4.69) is 53.5 Å². The molecule has 0 atom stereocenters. The number of hydrogen-bond acceptors (Lipinski definition) is 3. The molecule has 3 N–H and O–H groups in total. The van der Waals surface area contributed by atoms with Crippen molar-refractivity contribution in [2.45, 2.75) is 40.3 Å². The summed E-state index contributed by atoms with van der Waals surface area (Å²) in [5.41, 5.74) is 7.26. The monoisotopic (exact) mass is 326 g/mol. The van der Waals surface area contributed by atoms with Gasteiger partial charge in [-0.25, -0.2) is 0 Å². The van der Waals surface area contributed by atoms with Crippen molar-refractivity contribution in [3.05, 3.63) is 52.5 Å². The second-order valence-electron chi connectivity index (χ2n) is 6.30. The number of nitrogens with zero attached hydrogens (tertiary/aromatic N) is 2. The first-order chi connectivity index (χ1) is 11.6. The maximum atomic E-state index is 9.10. The average molecular weight is 326 g/mol. The molecule has 1 aromatic carbocycles. The molecule has 0 spiro atoms. The number of hydrogen-bond donors (Lipinski definition) is 3. The normalized spacial score (nSPS) is 11.5. The van der Waals surface area contributed by atoms with Gasteiger partial charge in [0.1, 0.15) is 0 Å². The molecule has 0 aliphatic rings. The van der Waals surface area contributed by atoms with Crippen LogP contribution in [0.15, 0.2) is 24.3 Å².